The van der Waals surface area contributed by atoms with Crippen molar-refractivity contribution in [3.63, 3.8) is 0 Å². The van der Waals surface area contributed by atoms with Crippen LogP contribution in [0.3, 0.4) is 0 Å². The summed E-state index contributed by atoms with van der Waals surface area (Å²) in [5.74, 6) is 0.528. The van der Waals surface area contributed by atoms with Gasteiger partial charge in [0, 0.05) is 43.2 Å². The van der Waals surface area contributed by atoms with Gasteiger partial charge < -0.3 is 14.5 Å². The van der Waals surface area contributed by atoms with E-state index in [1.54, 1.807) is 23.5 Å². The van der Waals surface area contributed by atoms with Crippen LogP contribution in [0.1, 0.15) is 52.2 Å². The van der Waals surface area contributed by atoms with Crippen molar-refractivity contribution in [3.8, 4) is 5.75 Å². The molecule has 200 valence electrons. The summed E-state index contributed by atoms with van der Waals surface area (Å²) >= 11 is 1.72. The summed E-state index contributed by atoms with van der Waals surface area (Å²) in [6, 6.07) is 16.0. The van der Waals surface area contributed by atoms with Crippen molar-refractivity contribution in [2.75, 3.05) is 45.9 Å². The molecule has 2 amide bonds. The molecule has 0 aliphatic carbocycles. The van der Waals surface area contributed by atoms with E-state index in [1.807, 2.05) is 40.1 Å². The number of piperazine rings is 1. The zero-order valence-corrected chi connectivity index (χ0v) is 22.6. The molecule has 8 heteroatoms. The van der Waals surface area contributed by atoms with Gasteiger partial charge in [-0.25, -0.2) is 4.39 Å². The maximum absolute atomic E-state index is 14.1. The van der Waals surface area contributed by atoms with Crippen LogP contribution >= 0.6 is 11.3 Å². The van der Waals surface area contributed by atoms with E-state index in [0.717, 1.165) is 42.7 Å². The number of thiophene rings is 1. The Labute approximate surface area is 227 Å². The molecule has 2 aliphatic rings. The zero-order chi connectivity index (χ0) is 26.5. The molecule has 1 aromatic heterocycles. The molecule has 1 unspecified atom stereocenters. The first-order valence-corrected chi connectivity index (χ1v) is 14.3. The monoisotopic (exact) mass is 535 g/mol. The Bertz CT molecular complexity index is 1250. The largest absolute Gasteiger partial charge is 0.494 e. The molecule has 6 nitrogen and oxygen atoms in total. The summed E-state index contributed by atoms with van der Waals surface area (Å²) in [5.41, 5.74) is 2.66. The number of halogens is 1. The van der Waals surface area contributed by atoms with Crippen molar-refractivity contribution in [2.24, 2.45) is 0 Å². The van der Waals surface area contributed by atoms with Gasteiger partial charge in [0.2, 0.25) is 5.91 Å². The summed E-state index contributed by atoms with van der Waals surface area (Å²) < 4.78 is 19.8. The average Bonchev–Trinajstić information content (AvgIpc) is 3.42. The molecule has 3 aromatic rings. The molecule has 1 fully saturated rings. The number of carbonyl (C=O) groups excluding carboxylic acids is 2. The first kappa shape index (κ1) is 26.4. The third kappa shape index (κ3) is 5.92. The maximum Gasteiger partial charge on any atom is 0.253 e. The van der Waals surface area contributed by atoms with Gasteiger partial charge >= 0.3 is 0 Å². The molecular weight excluding hydrogens is 501 g/mol. The zero-order valence-electron chi connectivity index (χ0n) is 21.8. The number of unbranched alkanes of at least 4 members (excludes halogenated alkanes) is 1. The highest BCUT2D eigenvalue weighted by atomic mass is 32.1. The van der Waals surface area contributed by atoms with Gasteiger partial charge in [-0.05, 0) is 71.8 Å². The van der Waals surface area contributed by atoms with Gasteiger partial charge in [-0.1, -0.05) is 25.5 Å². The van der Waals surface area contributed by atoms with Crippen molar-refractivity contribution in [2.45, 2.75) is 32.2 Å². The van der Waals surface area contributed by atoms with Crippen LogP contribution in [-0.2, 0) is 11.2 Å². The predicted octanol–water partition coefficient (Wildman–Crippen LogP) is 5.00. The lowest BCUT2D eigenvalue weighted by molar-refractivity contribution is -0.134. The van der Waals surface area contributed by atoms with E-state index < -0.39 is 0 Å². The van der Waals surface area contributed by atoms with Gasteiger partial charge in [0.1, 0.15) is 11.6 Å². The second kappa shape index (κ2) is 12.1. The van der Waals surface area contributed by atoms with Gasteiger partial charge in [-0.15, -0.1) is 11.3 Å². The van der Waals surface area contributed by atoms with Crippen LogP contribution in [0.5, 0.6) is 5.75 Å². The number of carbonyl (C=O) groups is 2. The number of fused-ring (bicyclic) bond motifs is 1. The van der Waals surface area contributed by atoms with E-state index >= 15 is 0 Å². The Morgan fingerprint density at radius 2 is 1.76 bits per heavy atom. The predicted molar refractivity (Wildman–Crippen MR) is 147 cm³/mol. The molecule has 0 saturated carbocycles. The SMILES string of the molecule is CCCCOc1ccc(C(=O)N2CCN(C(=O)CN3CCc4sccc4C3c3cccc(F)c3)CC2)cc1. The lowest BCUT2D eigenvalue weighted by Crippen LogP contribution is -2.53. The minimum Gasteiger partial charge on any atom is -0.494 e. The van der Waals surface area contributed by atoms with Gasteiger partial charge in [-0.2, -0.15) is 0 Å². The summed E-state index contributed by atoms with van der Waals surface area (Å²) in [6.07, 6.45) is 2.96. The molecule has 1 saturated heterocycles. The van der Waals surface area contributed by atoms with Crippen molar-refractivity contribution in [1.29, 1.82) is 0 Å². The van der Waals surface area contributed by atoms with Crippen molar-refractivity contribution >= 4 is 23.2 Å². The second-order valence-electron chi connectivity index (χ2n) is 9.88. The number of benzene rings is 2. The number of nitrogens with zero attached hydrogens (tertiary/aromatic N) is 3. The van der Waals surface area contributed by atoms with Crippen LogP contribution in [0.25, 0.3) is 0 Å². The van der Waals surface area contributed by atoms with Crippen molar-refractivity contribution in [3.05, 3.63) is 87.4 Å². The third-order valence-electron chi connectivity index (χ3n) is 7.36. The Morgan fingerprint density at radius 3 is 2.50 bits per heavy atom. The highest BCUT2D eigenvalue weighted by Gasteiger charge is 2.33. The highest BCUT2D eigenvalue weighted by molar-refractivity contribution is 7.10. The van der Waals surface area contributed by atoms with Crippen molar-refractivity contribution < 1.29 is 18.7 Å². The van der Waals surface area contributed by atoms with Crippen LogP contribution in [0.2, 0.25) is 0 Å². The fraction of sp³-hybridized carbons (Fsp3) is 0.400. The molecule has 1 atom stereocenters. The Balaban J connectivity index is 1.18. The number of hydrogen-bond acceptors (Lipinski definition) is 5. The van der Waals surface area contributed by atoms with E-state index in [1.165, 1.54) is 10.9 Å². The van der Waals surface area contributed by atoms with Crippen LogP contribution in [0.15, 0.2) is 60.0 Å². The molecule has 3 heterocycles. The van der Waals surface area contributed by atoms with Gasteiger partial charge in [-0.3, -0.25) is 14.5 Å². The first-order chi connectivity index (χ1) is 18.5. The van der Waals surface area contributed by atoms with Gasteiger partial charge in [0.25, 0.3) is 5.91 Å². The normalized spacial score (nSPS) is 17.8. The lowest BCUT2D eigenvalue weighted by atomic mass is 9.93. The molecular formula is C30H34FN3O3S. The molecule has 2 aromatic carbocycles. The number of rotatable bonds is 8. The summed E-state index contributed by atoms with van der Waals surface area (Å²) in [4.78, 5) is 33.5. The fourth-order valence-electron chi connectivity index (χ4n) is 5.25. The van der Waals surface area contributed by atoms with E-state index in [2.05, 4.69) is 23.3 Å². The van der Waals surface area contributed by atoms with Gasteiger partial charge in [0.15, 0.2) is 0 Å². The standard InChI is InChI=1S/C30H34FN3O3S/c1-2-3-18-37-25-9-7-22(8-10-25)30(36)33-16-14-32(15-17-33)28(35)21-34-13-11-27-26(12-19-38-27)29(34)23-5-4-6-24(31)20-23/h4-10,12,19-20,29H,2-3,11,13-18,21H2,1H3. The quantitative estimate of drug-likeness (QED) is 0.381. The smallest absolute Gasteiger partial charge is 0.253 e. The molecule has 0 N–H and O–H groups in total. The summed E-state index contributed by atoms with van der Waals surface area (Å²) in [5, 5.41) is 2.07. The highest BCUT2D eigenvalue weighted by Crippen LogP contribution is 2.37. The Morgan fingerprint density at radius 1 is 1.00 bits per heavy atom. The van der Waals surface area contributed by atoms with Crippen LogP contribution in [0.4, 0.5) is 4.39 Å². The molecule has 5 rings (SSSR count). The van der Waals surface area contributed by atoms with Crippen LogP contribution in [-0.4, -0.2) is 72.4 Å². The van der Waals surface area contributed by atoms with Gasteiger partial charge in [0.05, 0.1) is 19.2 Å². The minimum atomic E-state index is -0.268. The number of ether oxygens (including phenoxy) is 1. The van der Waals surface area contributed by atoms with E-state index in [-0.39, 0.29) is 30.2 Å². The molecule has 38 heavy (non-hydrogen) atoms. The fourth-order valence-corrected chi connectivity index (χ4v) is 6.15. The Hall–Kier alpha value is -3.23. The molecule has 2 aliphatic heterocycles. The van der Waals surface area contributed by atoms with E-state index in [0.29, 0.717) is 38.3 Å². The summed E-state index contributed by atoms with van der Waals surface area (Å²) in [6.45, 7) is 5.82. The lowest BCUT2D eigenvalue weighted by Gasteiger charge is -2.39. The Kier molecular flexibility index (Phi) is 8.39. The third-order valence-corrected chi connectivity index (χ3v) is 8.35. The number of amides is 2. The number of hydrogen-bond donors (Lipinski definition) is 0. The van der Waals surface area contributed by atoms with Crippen LogP contribution in [0, 0.1) is 5.82 Å². The molecule has 0 bridgehead atoms. The average molecular weight is 536 g/mol. The van der Waals surface area contributed by atoms with E-state index in [9.17, 15) is 14.0 Å². The minimum absolute atomic E-state index is 0.0237. The molecule has 0 spiro atoms. The first-order valence-electron chi connectivity index (χ1n) is 13.4. The topological polar surface area (TPSA) is 53.1 Å². The van der Waals surface area contributed by atoms with E-state index in [4.69, 9.17) is 4.74 Å². The van der Waals surface area contributed by atoms with Crippen LogP contribution < -0.4 is 4.74 Å². The maximum atomic E-state index is 14.1. The molecule has 0 radical (unpaired) electrons. The second-order valence-corrected chi connectivity index (χ2v) is 10.9. The van der Waals surface area contributed by atoms with Crippen molar-refractivity contribution in [1.82, 2.24) is 14.7 Å². The summed E-state index contributed by atoms with van der Waals surface area (Å²) in [7, 11) is 0.